The smallest absolute Gasteiger partial charge is 0.261 e. The molecule has 1 fully saturated rings. The summed E-state index contributed by atoms with van der Waals surface area (Å²) < 4.78 is 41.7. The molecule has 1 unspecified atom stereocenters. The lowest BCUT2D eigenvalue weighted by atomic mass is 10.00. The van der Waals surface area contributed by atoms with E-state index in [1.54, 1.807) is 0 Å². The van der Waals surface area contributed by atoms with Crippen LogP contribution in [0.15, 0.2) is 17.0 Å². The number of hydrogen-bond acceptors (Lipinski definition) is 4. The van der Waals surface area contributed by atoms with Crippen molar-refractivity contribution in [1.82, 2.24) is 5.32 Å². The van der Waals surface area contributed by atoms with Gasteiger partial charge in [0.2, 0.25) is 0 Å². The molecule has 0 radical (unpaired) electrons. The first-order valence-electron chi connectivity index (χ1n) is 6.27. The van der Waals surface area contributed by atoms with Crippen LogP contribution < -0.4 is 5.32 Å². The molecule has 2 rings (SSSR count). The summed E-state index contributed by atoms with van der Waals surface area (Å²) in [5.41, 5.74) is -0.482. The molecule has 0 aliphatic carbocycles. The first kappa shape index (κ1) is 16.2. The number of benzene rings is 1. The fourth-order valence-electron chi connectivity index (χ4n) is 2.25. The van der Waals surface area contributed by atoms with Crippen LogP contribution in [0, 0.1) is 12.7 Å². The van der Waals surface area contributed by atoms with Gasteiger partial charge in [0.25, 0.3) is 15.0 Å². The zero-order valence-electron chi connectivity index (χ0n) is 11.6. The highest BCUT2D eigenvalue weighted by Crippen LogP contribution is 2.25. The molecule has 0 spiro atoms. The first-order chi connectivity index (χ1) is 9.62. The minimum Gasteiger partial charge on any atom is -0.379 e. The van der Waals surface area contributed by atoms with Crippen LogP contribution in [0.5, 0.6) is 0 Å². The second-order valence-corrected chi connectivity index (χ2v) is 7.87. The van der Waals surface area contributed by atoms with Gasteiger partial charge in [-0.25, -0.2) is 12.8 Å². The Bertz CT molecular complexity index is 684. The fourth-order valence-corrected chi connectivity index (χ4v) is 3.46. The van der Waals surface area contributed by atoms with Gasteiger partial charge in [-0.1, -0.05) is 0 Å². The van der Waals surface area contributed by atoms with E-state index in [4.69, 9.17) is 15.4 Å². The molecular formula is C13H15ClFNO4S. The number of amides is 1. The summed E-state index contributed by atoms with van der Waals surface area (Å²) in [6, 6.07) is 1.80. The Kier molecular flexibility index (Phi) is 4.28. The predicted octanol–water partition coefficient (Wildman–Crippen LogP) is 1.97. The maximum atomic E-state index is 13.6. The molecule has 8 heteroatoms. The zero-order chi connectivity index (χ0) is 15.8. The third-order valence-electron chi connectivity index (χ3n) is 3.47. The number of ether oxygens (including phenoxy) is 1. The van der Waals surface area contributed by atoms with Crippen LogP contribution in [0.1, 0.15) is 29.3 Å². The van der Waals surface area contributed by atoms with Crippen molar-refractivity contribution < 1.29 is 22.3 Å². The van der Waals surface area contributed by atoms with E-state index in [1.165, 1.54) is 6.92 Å². The Morgan fingerprint density at radius 2 is 2.14 bits per heavy atom. The molecule has 21 heavy (non-hydrogen) atoms. The van der Waals surface area contributed by atoms with Crippen molar-refractivity contribution in [3.63, 3.8) is 0 Å². The monoisotopic (exact) mass is 335 g/mol. The van der Waals surface area contributed by atoms with Crippen LogP contribution in [-0.4, -0.2) is 33.1 Å². The molecule has 1 saturated heterocycles. The van der Waals surface area contributed by atoms with Crippen LogP contribution in [-0.2, 0) is 13.8 Å². The van der Waals surface area contributed by atoms with E-state index in [-0.39, 0.29) is 11.1 Å². The van der Waals surface area contributed by atoms with E-state index in [0.717, 1.165) is 12.1 Å². The van der Waals surface area contributed by atoms with Gasteiger partial charge in [-0.2, -0.15) is 0 Å². The van der Waals surface area contributed by atoms with Crippen molar-refractivity contribution in [3.8, 4) is 0 Å². The number of hydrogen-bond donors (Lipinski definition) is 1. The van der Waals surface area contributed by atoms with Crippen molar-refractivity contribution in [3.05, 3.63) is 29.1 Å². The number of carbonyl (C=O) groups is 1. The van der Waals surface area contributed by atoms with Crippen LogP contribution in [0.2, 0.25) is 0 Å². The molecule has 1 heterocycles. The molecule has 1 aromatic carbocycles. The quantitative estimate of drug-likeness (QED) is 0.857. The number of carbonyl (C=O) groups excluding carboxylic acids is 1. The van der Waals surface area contributed by atoms with Gasteiger partial charge in [-0.05, 0) is 38.0 Å². The van der Waals surface area contributed by atoms with E-state index in [1.807, 2.05) is 6.92 Å². The molecule has 1 N–H and O–H groups in total. The molecule has 5 nitrogen and oxygen atoms in total. The van der Waals surface area contributed by atoms with Gasteiger partial charge in [-0.3, -0.25) is 4.79 Å². The SMILES string of the molecule is Cc1c(C(=O)NC2(C)CCOC2)cc(F)cc1S(=O)(=O)Cl. The molecule has 1 aromatic rings. The van der Waals surface area contributed by atoms with E-state index in [0.29, 0.717) is 19.6 Å². The summed E-state index contributed by atoms with van der Waals surface area (Å²) in [7, 11) is 1.14. The summed E-state index contributed by atoms with van der Waals surface area (Å²) >= 11 is 0. The van der Waals surface area contributed by atoms with Gasteiger partial charge in [0, 0.05) is 22.9 Å². The van der Waals surface area contributed by atoms with E-state index >= 15 is 0 Å². The Hall–Kier alpha value is -1.18. The van der Waals surface area contributed by atoms with Crippen molar-refractivity contribution in [2.45, 2.75) is 30.7 Å². The number of rotatable bonds is 3. The molecule has 1 atom stereocenters. The van der Waals surface area contributed by atoms with E-state index in [9.17, 15) is 17.6 Å². The maximum Gasteiger partial charge on any atom is 0.261 e. The van der Waals surface area contributed by atoms with Crippen LogP contribution in [0.3, 0.4) is 0 Å². The fraction of sp³-hybridized carbons (Fsp3) is 0.462. The highest BCUT2D eigenvalue weighted by atomic mass is 35.7. The lowest BCUT2D eigenvalue weighted by molar-refractivity contribution is 0.0888. The van der Waals surface area contributed by atoms with E-state index in [2.05, 4.69) is 5.32 Å². The third-order valence-corrected chi connectivity index (χ3v) is 4.91. The Balaban J connectivity index is 2.40. The van der Waals surface area contributed by atoms with Gasteiger partial charge in [-0.15, -0.1) is 0 Å². The summed E-state index contributed by atoms with van der Waals surface area (Å²) in [4.78, 5) is 11.9. The van der Waals surface area contributed by atoms with Crippen LogP contribution in [0.4, 0.5) is 4.39 Å². The predicted molar refractivity (Wildman–Crippen MR) is 75.5 cm³/mol. The second-order valence-electron chi connectivity index (χ2n) is 5.33. The second kappa shape index (κ2) is 5.55. The average Bonchev–Trinajstić information content (AvgIpc) is 2.76. The molecule has 0 aromatic heterocycles. The van der Waals surface area contributed by atoms with Gasteiger partial charge in [0.05, 0.1) is 17.0 Å². The average molecular weight is 336 g/mol. The lowest BCUT2D eigenvalue weighted by Crippen LogP contribution is -2.46. The summed E-state index contributed by atoms with van der Waals surface area (Å²) in [6.45, 7) is 4.11. The third kappa shape index (κ3) is 3.53. The normalized spacial score (nSPS) is 22.3. The van der Waals surface area contributed by atoms with Crippen molar-refractivity contribution in [2.75, 3.05) is 13.2 Å². The molecule has 0 saturated carbocycles. The molecule has 1 aliphatic rings. The van der Waals surface area contributed by atoms with Crippen LogP contribution >= 0.6 is 10.7 Å². The topological polar surface area (TPSA) is 72.5 Å². The van der Waals surface area contributed by atoms with Gasteiger partial charge < -0.3 is 10.1 Å². The minimum atomic E-state index is -4.13. The Labute approximate surface area is 126 Å². The zero-order valence-corrected chi connectivity index (χ0v) is 13.1. The van der Waals surface area contributed by atoms with Gasteiger partial charge in [0.15, 0.2) is 0 Å². The number of halogens is 2. The highest BCUT2D eigenvalue weighted by molar-refractivity contribution is 8.13. The molecule has 1 aliphatic heterocycles. The molecule has 0 bridgehead atoms. The first-order valence-corrected chi connectivity index (χ1v) is 8.58. The standard InChI is InChI=1S/C13H15ClFNO4S/c1-8-10(5-9(15)6-11(8)21(14,18)19)12(17)16-13(2)3-4-20-7-13/h5-6H,3-4,7H2,1-2H3,(H,16,17). The summed E-state index contributed by atoms with van der Waals surface area (Å²) in [5, 5.41) is 2.75. The maximum absolute atomic E-state index is 13.6. The largest absolute Gasteiger partial charge is 0.379 e. The van der Waals surface area contributed by atoms with Crippen LogP contribution in [0.25, 0.3) is 0 Å². The van der Waals surface area contributed by atoms with Crippen molar-refractivity contribution in [2.24, 2.45) is 0 Å². The summed E-state index contributed by atoms with van der Waals surface area (Å²) in [5.74, 6) is -1.39. The van der Waals surface area contributed by atoms with Crippen molar-refractivity contribution in [1.29, 1.82) is 0 Å². The Morgan fingerprint density at radius 1 is 1.48 bits per heavy atom. The van der Waals surface area contributed by atoms with E-state index < -0.39 is 31.2 Å². The molecular weight excluding hydrogens is 321 g/mol. The van der Waals surface area contributed by atoms with Gasteiger partial charge in [0.1, 0.15) is 5.82 Å². The highest BCUT2D eigenvalue weighted by Gasteiger charge is 2.32. The minimum absolute atomic E-state index is 0.0534. The lowest BCUT2D eigenvalue weighted by Gasteiger charge is -2.24. The van der Waals surface area contributed by atoms with Gasteiger partial charge >= 0.3 is 0 Å². The van der Waals surface area contributed by atoms with Crippen molar-refractivity contribution >= 4 is 25.6 Å². The molecule has 116 valence electrons. The molecule has 1 amide bonds. The number of nitrogens with one attached hydrogen (secondary N) is 1. The Morgan fingerprint density at radius 3 is 2.67 bits per heavy atom. The summed E-state index contributed by atoms with van der Waals surface area (Å²) in [6.07, 6.45) is 0.633.